The summed E-state index contributed by atoms with van der Waals surface area (Å²) in [6.07, 6.45) is 0. The van der Waals surface area contributed by atoms with Crippen molar-refractivity contribution in [2.75, 3.05) is 19.0 Å². The highest BCUT2D eigenvalue weighted by Gasteiger charge is 2.18. The van der Waals surface area contributed by atoms with Crippen molar-refractivity contribution in [3.8, 4) is 16.9 Å². The molecule has 6 heteroatoms. The lowest BCUT2D eigenvalue weighted by Gasteiger charge is -2.13. The summed E-state index contributed by atoms with van der Waals surface area (Å²) in [4.78, 5) is 1.99. The van der Waals surface area contributed by atoms with Gasteiger partial charge in [-0.3, -0.25) is 0 Å². The molecule has 0 unspecified atom stereocenters. The molecule has 0 aliphatic heterocycles. The van der Waals surface area contributed by atoms with Gasteiger partial charge in [-0.05, 0) is 36.4 Å². The standard InChI is InChI=1S/C17H17FN4O/c1-21(2)12-7-9-13(10-8-12)22-17(16(11-23)19-20-22)14-5-3-4-6-15(14)18/h3-10,23H,11H2,1-2H3. The highest BCUT2D eigenvalue weighted by molar-refractivity contribution is 5.65. The number of aliphatic hydroxyl groups is 1. The van der Waals surface area contributed by atoms with E-state index in [1.807, 2.05) is 43.3 Å². The summed E-state index contributed by atoms with van der Waals surface area (Å²) in [5, 5.41) is 17.6. The quantitative estimate of drug-likeness (QED) is 0.804. The monoisotopic (exact) mass is 312 g/mol. The number of halogens is 1. The van der Waals surface area contributed by atoms with Crippen molar-refractivity contribution in [3.05, 3.63) is 60.0 Å². The summed E-state index contributed by atoms with van der Waals surface area (Å²) in [5.41, 5.74) is 2.96. The second kappa shape index (κ2) is 6.18. The normalized spacial score (nSPS) is 10.8. The molecule has 0 radical (unpaired) electrons. The van der Waals surface area contributed by atoms with E-state index in [0.29, 0.717) is 17.0 Å². The van der Waals surface area contributed by atoms with Gasteiger partial charge in [0.15, 0.2) is 0 Å². The lowest BCUT2D eigenvalue weighted by molar-refractivity contribution is 0.277. The molecule has 0 atom stereocenters. The van der Waals surface area contributed by atoms with Gasteiger partial charge in [0.05, 0.1) is 12.3 Å². The second-order valence-corrected chi connectivity index (χ2v) is 5.35. The summed E-state index contributed by atoms with van der Waals surface area (Å²) in [6, 6.07) is 14.1. The molecule has 3 aromatic rings. The molecule has 0 aliphatic rings. The average Bonchev–Trinajstić information content (AvgIpc) is 2.99. The van der Waals surface area contributed by atoms with Crippen molar-refractivity contribution in [3.63, 3.8) is 0 Å². The van der Waals surface area contributed by atoms with Gasteiger partial charge in [-0.2, -0.15) is 0 Å². The minimum absolute atomic E-state index is 0.306. The molecule has 23 heavy (non-hydrogen) atoms. The van der Waals surface area contributed by atoms with Crippen LogP contribution in [0.15, 0.2) is 48.5 Å². The van der Waals surface area contributed by atoms with Gasteiger partial charge in [-0.1, -0.05) is 17.3 Å². The second-order valence-electron chi connectivity index (χ2n) is 5.35. The summed E-state index contributed by atoms with van der Waals surface area (Å²) in [6.45, 7) is -0.306. The first-order valence-corrected chi connectivity index (χ1v) is 7.20. The van der Waals surface area contributed by atoms with Crippen molar-refractivity contribution < 1.29 is 9.50 Å². The summed E-state index contributed by atoms with van der Waals surface area (Å²) >= 11 is 0. The fraction of sp³-hybridized carbons (Fsp3) is 0.176. The van der Waals surface area contributed by atoms with Crippen LogP contribution in [0.25, 0.3) is 16.9 Å². The minimum atomic E-state index is -0.379. The Labute approximate surface area is 133 Å². The smallest absolute Gasteiger partial charge is 0.132 e. The highest BCUT2D eigenvalue weighted by atomic mass is 19.1. The van der Waals surface area contributed by atoms with E-state index in [1.54, 1.807) is 22.9 Å². The van der Waals surface area contributed by atoms with Crippen LogP contribution in [0.4, 0.5) is 10.1 Å². The van der Waals surface area contributed by atoms with E-state index in [0.717, 1.165) is 11.4 Å². The Hall–Kier alpha value is -2.73. The van der Waals surface area contributed by atoms with Gasteiger partial charge < -0.3 is 10.0 Å². The topological polar surface area (TPSA) is 54.2 Å². The lowest BCUT2D eigenvalue weighted by atomic mass is 10.1. The summed E-state index contributed by atoms with van der Waals surface area (Å²) < 4.78 is 15.7. The lowest BCUT2D eigenvalue weighted by Crippen LogP contribution is -2.08. The van der Waals surface area contributed by atoms with Crippen molar-refractivity contribution in [1.82, 2.24) is 15.0 Å². The van der Waals surface area contributed by atoms with Gasteiger partial charge in [0.2, 0.25) is 0 Å². The van der Waals surface area contributed by atoms with E-state index in [4.69, 9.17) is 0 Å². The number of rotatable bonds is 4. The average molecular weight is 312 g/mol. The fourth-order valence-electron chi connectivity index (χ4n) is 2.42. The molecular formula is C17H17FN4O. The van der Waals surface area contributed by atoms with Crippen LogP contribution in [0.1, 0.15) is 5.69 Å². The Kier molecular flexibility index (Phi) is 4.08. The van der Waals surface area contributed by atoms with E-state index in [-0.39, 0.29) is 12.4 Å². The van der Waals surface area contributed by atoms with E-state index < -0.39 is 0 Å². The first-order valence-electron chi connectivity index (χ1n) is 7.20. The summed E-state index contributed by atoms with van der Waals surface area (Å²) in [7, 11) is 3.91. The molecule has 0 bridgehead atoms. The van der Waals surface area contributed by atoms with Crippen molar-refractivity contribution in [2.45, 2.75) is 6.61 Å². The molecule has 118 valence electrons. The fourth-order valence-corrected chi connectivity index (χ4v) is 2.42. The first kappa shape index (κ1) is 15.2. The van der Waals surface area contributed by atoms with Crippen LogP contribution in [-0.4, -0.2) is 34.2 Å². The minimum Gasteiger partial charge on any atom is -0.390 e. The zero-order valence-corrected chi connectivity index (χ0v) is 12.9. The molecule has 0 aliphatic carbocycles. The Morgan fingerprint density at radius 3 is 2.39 bits per heavy atom. The van der Waals surface area contributed by atoms with Crippen molar-refractivity contribution in [1.29, 1.82) is 0 Å². The third kappa shape index (κ3) is 2.80. The maximum atomic E-state index is 14.2. The maximum Gasteiger partial charge on any atom is 0.132 e. The molecule has 5 nitrogen and oxygen atoms in total. The molecule has 0 amide bonds. The van der Waals surface area contributed by atoms with Crippen LogP contribution in [0.5, 0.6) is 0 Å². The van der Waals surface area contributed by atoms with E-state index in [9.17, 15) is 9.50 Å². The molecule has 1 N–H and O–H groups in total. The molecule has 0 spiro atoms. The molecule has 0 fully saturated rings. The Balaban J connectivity index is 2.14. The number of aliphatic hydroxyl groups excluding tert-OH is 1. The zero-order valence-electron chi connectivity index (χ0n) is 12.9. The van der Waals surface area contributed by atoms with Crippen LogP contribution in [0.3, 0.4) is 0 Å². The molecule has 3 rings (SSSR count). The van der Waals surface area contributed by atoms with Crippen LogP contribution in [0.2, 0.25) is 0 Å². The van der Waals surface area contributed by atoms with E-state index >= 15 is 0 Å². The largest absolute Gasteiger partial charge is 0.390 e. The van der Waals surface area contributed by atoms with Crippen LogP contribution < -0.4 is 4.90 Å². The third-order valence-electron chi connectivity index (χ3n) is 3.63. The van der Waals surface area contributed by atoms with Gasteiger partial charge in [-0.15, -0.1) is 5.10 Å². The molecule has 2 aromatic carbocycles. The van der Waals surface area contributed by atoms with Gasteiger partial charge in [0.1, 0.15) is 17.2 Å². The van der Waals surface area contributed by atoms with Gasteiger partial charge >= 0.3 is 0 Å². The van der Waals surface area contributed by atoms with Gasteiger partial charge in [0.25, 0.3) is 0 Å². The van der Waals surface area contributed by atoms with Crippen molar-refractivity contribution >= 4 is 5.69 Å². The Morgan fingerprint density at radius 1 is 1.09 bits per heavy atom. The molecular weight excluding hydrogens is 295 g/mol. The van der Waals surface area contributed by atoms with Gasteiger partial charge in [0, 0.05) is 25.3 Å². The first-order chi connectivity index (χ1) is 11.1. The van der Waals surface area contributed by atoms with Crippen LogP contribution >= 0.6 is 0 Å². The number of hydrogen-bond donors (Lipinski definition) is 1. The molecule has 1 aromatic heterocycles. The molecule has 0 saturated carbocycles. The number of anilines is 1. The Bertz CT molecular complexity index is 812. The highest BCUT2D eigenvalue weighted by Crippen LogP contribution is 2.28. The predicted molar refractivity (Wildman–Crippen MR) is 87.0 cm³/mol. The predicted octanol–water partition coefficient (Wildman–Crippen LogP) is 2.63. The number of nitrogens with zero attached hydrogens (tertiary/aromatic N) is 4. The van der Waals surface area contributed by atoms with Crippen LogP contribution in [-0.2, 0) is 6.61 Å². The van der Waals surface area contributed by atoms with E-state index in [2.05, 4.69) is 10.3 Å². The SMILES string of the molecule is CN(C)c1ccc(-n2nnc(CO)c2-c2ccccc2F)cc1. The maximum absolute atomic E-state index is 14.2. The zero-order chi connectivity index (χ0) is 16.4. The number of aromatic nitrogens is 3. The molecule has 1 heterocycles. The number of hydrogen-bond acceptors (Lipinski definition) is 4. The Morgan fingerprint density at radius 2 is 1.78 bits per heavy atom. The molecule has 0 saturated heterocycles. The van der Waals surface area contributed by atoms with E-state index in [1.165, 1.54) is 6.07 Å². The van der Waals surface area contributed by atoms with Crippen LogP contribution in [0, 0.1) is 5.82 Å². The van der Waals surface area contributed by atoms with Crippen molar-refractivity contribution in [2.24, 2.45) is 0 Å². The van der Waals surface area contributed by atoms with Gasteiger partial charge in [-0.25, -0.2) is 9.07 Å². The summed E-state index contributed by atoms with van der Waals surface area (Å²) in [5.74, 6) is -0.379. The third-order valence-corrected chi connectivity index (χ3v) is 3.63. The number of benzene rings is 2.